The number of ketones is 1. The van der Waals surface area contributed by atoms with E-state index in [4.69, 9.17) is 0 Å². The largest absolute Gasteiger partial charge is 0.433 e. The van der Waals surface area contributed by atoms with Gasteiger partial charge in [0.25, 0.3) is 0 Å². The standard InChI is InChI=1S/C11H9F5O2/c1-5-3-4-7(11(14,15)16)9(18-10(12)13)8(5)6(2)17/h3-4,10H,1-2H3. The van der Waals surface area contributed by atoms with E-state index in [1.165, 1.54) is 6.92 Å². The van der Waals surface area contributed by atoms with E-state index < -0.39 is 35.4 Å². The Balaban J connectivity index is 3.54. The van der Waals surface area contributed by atoms with Gasteiger partial charge >= 0.3 is 12.8 Å². The molecule has 0 aliphatic carbocycles. The molecule has 0 aromatic heterocycles. The SMILES string of the molecule is CC(=O)c1c(C)ccc(C(F)(F)F)c1OC(F)F. The first-order chi connectivity index (χ1) is 8.14. The van der Waals surface area contributed by atoms with Crippen LogP contribution in [0.3, 0.4) is 0 Å². The van der Waals surface area contributed by atoms with Crippen LogP contribution in [-0.4, -0.2) is 12.4 Å². The van der Waals surface area contributed by atoms with Crippen molar-refractivity contribution in [1.29, 1.82) is 0 Å². The topological polar surface area (TPSA) is 26.3 Å². The highest BCUT2D eigenvalue weighted by atomic mass is 19.4. The van der Waals surface area contributed by atoms with E-state index in [1.807, 2.05) is 0 Å². The number of halogens is 5. The molecule has 7 heteroatoms. The summed E-state index contributed by atoms with van der Waals surface area (Å²) in [7, 11) is 0. The quantitative estimate of drug-likeness (QED) is 0.615. The number of hydrogen-bond acceptors (Lipinski definition) is 2. The van der Waals surface area contributed by atoms with Crippen LogP contribution in [0.15, 0.2) is 12.1 Å². The van der Waals surface area contributed by atoms with Crippen molar-refractivity contribution in [3.05, 3.63) is 28.8 Å². The maximum absolute atomic E-state index is 12.6. The van der Waals surface area contributed by atoms with Gasteiger partial charge in [-0.15, -0.1) is 0 Å². The lowest BCUT2D eigenvalue weighted by Gasteiger charge is -2.17. The Kier molecular flexibility index (Phi) is 3.93. The van der Waals surface area contributed by atoms with E-state index in [9.17, 15) is 26.7 Å². The van der Waals surface area contributed by atoms with Gasteiger partial charge in [-0.2, -0.15) is 22.0 Å². The monoisotopic (exact) mass is 268 g/mol. The second-order valence-electron chi connectivity index (χ2n) is 3.57. The Morgan fingerprint density at radius 3 is 2.22 bits per heavy atom. The summed E-state index contributed by atoms with van der Waals surface area (Å²) >= 11 is 0. The van der Waals surface area contributed by atoms with Gasteiger partial charge in [-0.25, -0.2) is 0 Å². The van der Waals surface area contributed by atoms with Crippen LogP contribution in [0.5, 0.6) is 5.75 Å². The number of rotatable bonds is 3. The molecule has 0 saturated carbocycles. The van der Waals surface area contributed by atoms with Crippen LogP contribution >= 0.6 is 0 Å². The smallest absolute Gasteiger partial charge is 0.419 e. The minimum atomic E-state index is -4.87. The van der Waals surface area contributed by atoms with Crippen molar-refractivity contribution in [2.75, 3.05) is 0 Å². The van der Waals surface area contributed by atoms with Crippen molar-refractivity contribution >= 4 is 5.78 Å². The highest BCUT2D eigenvalue weighted by Crippen LogP contribution is 2.40. The number of ether oxygens (including phenoxy) is 1. The van der Waals surface area contributed by atoms with E-state index in [2.05, 4.69) is 4.74 Å². The highest BCUT2D eigenvalue weighted by molar-refractivity contribution is 5.98. The van der Waals surface area contributed by atoms with Gasteiger partial charge in [0.05, 0.1) is 11.1 Å². The first-order valence-electron chi connectivity index (χ1n) is 4.81. The summed E-state index contributed by atoms with van der Waals surface area (Å²) in [6.07, 6.45) is -4.87. The Labute approximate surface area is 99.4 Å². The first-order valence-corrected chi connectivity index (χ1v) is 4.81. The van der Waals surface area contributed by atoms with Crippen LogP contribution < -0.4 is 4.74 Å². The fraction of sp³-hybridized carbons (Fsp3) is 0.364. The van der Waals surface area contributed by atoms with Crippen LogP contribution in [0.25, 0.3) is 0 Å². The Hall–Kier alpha value is -1.66. The molecule has 0 saturated heterocycles. The third-order valence-electron chi connectivity index (χ3n) is 2.23. The van der Waals surface area contributed by atoms with Gasteiger partial charge in [0, 0.05) is 0 Å². The lowest BCUT2D eigenvalue weighted by atomic mass is 10.00. The van der Waals surface area contributed by atoms with Crippen molar-refractivity contribution in [3.8, 4) is 5.75 Å². The molecule has 0 atom stereocenters. The molecule has 2 nitrogen and oxygen atoms in total. The molecule has 100 valence electrons. The molecular weight excluding hydrogens is 259 g/mol. The molecule has 0 aliphatic heterocycles. The Morgan fingerprint density at radius 1 is 1.28 bits per heavy atom. The molecule has 1 aromatic rings. The van der Waals surface area contributed by atoms with Crippen molar-refractivity contribution in [2.45, 2.75) is 26.6 Å². The normalized spacial score (nSPS) is 11.8. The molecule has 0 spiro atoms. The van der Waals surface area contributed by atoms with Crippen molar-refractivity contribution in [1.82, 2.24) is 0 Å². The van der Waals surface area contributed by atoms with Gasteiger partial charge in [0.2, 0.25) is 0 Å². The first kappa shape index (κ1) is 14.4. The summed E-state index contributed by atoms with van der Waals surface area (Å²) in [6.45, 7) is -1.11. The fourth-order valence-corrected chi connectivity index (χ4v) is 1.55. The number of hydrogen-bond donors (Lipinski definition) is 0. The molecule has 0 fully saturated rings. The number of benzene rings is 1. The zero-order valence-electron chi connectivity index (χ0n) is 9.44. The number of aryl methyl sites for hydroxylation is 1. The molecule has 0 N–H and O–H groups in total. The van der Waals surface area contributed by atoms with Crippen molar-refractivity contribution in [3.63, 3.8) is 0 Å². The van der Waals surface area contributed by atoms with Crippen molar-refractivity contribution in [2.24, 2.45) is 0 Å². The third-order valence-corrected chi connectivity index (χ3v) is 2.23. The number of carbonyl (C=O) groups is 1. The van der Waals surface area contributed by atoms with Gasteiger partial charge in [0.1, 0.15) is 5.75 Å². The molecule has 1 aromatic carbocycles. The van der Waals surface area contributed by atoms with E-state index in [-0.39, 0.29) is 5.56 Å². The van der Waals surface area contributed by atoms with Gasteiger partial charge < -0.3 is 4.74 Å². The average molecular weight is 268 g/mol. The van der Waals surface area contributed by atoms with Crippen LogP contribution in [0.2, 0.25) is 0 Å². The average Bonchev–Trinajstić information content (AvgIpc) is 2.13. The molecule has 1 rings (SSSR count). The Morgan fingerprint density at radius 2 is 1.83 bits per heavy atom. The molecule has 0 aliphatic rings. The summed E-state index contributed by atoms with van der Waals surface area (Å²) < 4.78 is 66.1. The maximum atomic E-state index is 12.6. The van der Waals surface area contributed by atoms with E-state index in [1.54, 1.807) is 0 Å². The van der Waals surface area contributed by atoms with Crippen molar-refractivity contribution < 1.29 is 31.5 Å². The molecule has 0 amide bonds. The second-order valence-corrected chi connectivity index (χ2v) is 3.57. The minimum Gasteiger partial charge on any atom is -0.433 e. The van der Waals surface area contributed by atoms with Gasteiger partial charge in [-0.05, 0) is 25.5 Å². The van der Waals surface area contributed by atoms with Gasteiger partial charge in [0.15, 0.2) is 5.78 Å². The van der Waals surface area contributed by atoms with Crippen LogP contribution in [0, 0.1) is 6.92 Å². The highest BCUT2D eigenvalue weighted by Gasteiger charge is 2.37. The summed E-state index contributed by atoms with van der Waals surface area (Å²) in [5, 5.41) is 0. The zero-order valence-corrected chi connectivity index (χ0v) is 9.44. The second kappa shape index (κ2) is 4.91. The van der Waals surface area contributed by atoms with Crippen LogP contribution in [0.1, 0.15) is 28.4 Å². The predicted octanol–water partition coefficient (Wildman–Crippen LogP) is 3.82. The summed E-state index contributed by atoms with van der Waals surface area (Å²) in [5.74, 6) is -1.89. The van der Waals surface area contributed by atoms with E-state index in [0.717, 1.165) is 13.0 Å². The molecule has 0 unspecified atom stereocenters. The minimum absolute atomic E-state index is 0.145. The number of alkyl halides is 5. The Bertz CT molecular complexity index is 465. The summed E-state index contributed by atoms with van der Waals surface area (Å²) in [4.78, 5) is 11.3. The number of carbonyl (C=O) groups excluding carboxylic acids is 1. The fourth-order valence-electron chi connectivity index (χ4n) is 1.55. The lowest BCUT2D eigenvalue weighted by Crippen LogP contribution is -2.15. The van der Waals surface area contributed by atoms with E-state index >= 15 is 0 Å². The molecule has 18 heavy (non-hydrogen) atoms. The summed E-state index contributed by atoms with van der Waals surface area (Å²) in [6, 6.07) is 1.65. The third kappa shape index (κ3) is 2.96. The van der Waals surface area contributed by atoms with E-state index in [0.29, 0.717) is 6.07 Å². The van der Waals surface area contributed by atoms with Crippen LogP contribution in [0.4, 0.5) is 22.0 Å². The lowest BCUT2D eigenvalue weighted by molar-refractivity contribution is -0.141. The van der Waals surface area contributed by atoms with Crippen LogP contribution in [-0.2, 0) is 6.18 Å². The molecule has 0 radical (unpaired) electrons. The molecule has 0 bridgehead atoms. The predicted molar refractivity (Wildman–Crippen MR) is 52.8 cm³/mol. The molecular formula is C11H9F5O2. The summed E-state index contributed by atoms with van der Waals surface area (Å²) in [5.41, 5.74) is -1.73. The zero-order chi connectivity index (χ0) is 14.1. The van der Waals surface area contributed by atoms with Gasteiger partial charge in [-0.1, -0.05) is 6.07 Å². The number of Topliss-reactive ketones (excluding diaryl/α,β-unsaturated/α-hetero) is 1. The maximum Gasteiger partial charge on any atom is 0.419 e. The van der Waals surface area contributed by atoms with Gasteiger partial charge in [-0.3, -0.25) is 4.79 Å². The molecule has 0 heterocycles.